The van der Waals surface area contributed by atoms with Crippen LogP contribution < -0.4 is 9.47 Å². The molecule has 6 heteroatoms. The van der Waals surface area contributed by atoms with Gasteiger partial charge >= 0.3 is 5.97 Å². The summed E-state index contributed by atoms with van der Waals surface area (Å²) in [5.41, 5.74) is 1.15. The molecule has 0 saturated heterocycles. The molecule has 0 saturated carbocycles. The minimum atomic E-state index is -0.542. The largest absolute Gasteiger partial charge is 0.469 e. The van der Waals surface area contributed by atoms with E-state index in [9.17, 15) is 14.4 Å². The van der Waals surface area contributed by atoms with Crippen molar-refractivity contribution in [3.05, 3.63) is 120 Å². The van der Waals surface area contributed by atoms with Crippen LogP contribution >= 0.6 is 0 Å². The third kappa shape index (κ3) is 8.25. The minimum Gasteiger partial charge on any atom is -0.469 e. The van der Waals surface area contributed by atoms with Gasteiger partial charge < -0.3 is 14.2 Å². The average molecular weight is 483 g/mol. The summed E-state index contributed by atoms with van der Waals surface area (Å²) in [5.74, 6) is 2.12. The van der Waals surface area contributed by atoms with E-state index >= 15 is 0 Å². The van der Waals surface area contributed by atoms with Crippen LogP contribution in [0.5, 0.6) is 23.0 Å². The summed E-state index contributed by atoms with van der Waals surface area (Å²) in [5, 5.41) is 0. The smallest absolute Gasteiger partial charge is 0.313 e. The number of methoxy groups -OCH3 is 1. The summed E-state index contributed by atoms with van der Waals surface area (Å²) in [4.78, 5) is 33.9. The highest BCUT2D eigenvalue weighted by atomic mass is 16.5. The van der Waals surface area contributed by atoms with E-state index in [1.807, 2.05) is 60.7 Å². The Labute approximate surface area is 210 Å². The minimum absolute atomic E-state index is 0.0614. The van der Waals surface area contributed by atoms with E-state index in [1.165, 1.54) is 7.11 Å². The lowest BCUT2D eigenvalue weighted by Crippen LogP contribution is -2.09. The highest BCUT2D eigenvalue weighted by molar-refractivity contribution is 6.05. The van der Waals surface area contributed by atoms with Gasteiger partial charge in [-0.15, -0.1) is 0 Å². The van der Waals surface area contributed by atoms with Crippen molar-refractivity contribution in [2.24, 2.45) is 0 Å². The topological polar surface area (TPSA) is 78.9 Å². The molecule has 0 amide bonds. The Balaban J connectivity index is 0.000000205. The van der Waals surface area contributed by atoms with Crippen LogP contribution in [0.4, 0.5) is 0 Å². The molecule has 0 radical (unpaired) electrons. The Hall–Kier alpha value is -4.71. The molecular formula is C30H26O6. The number of esters is 1. The lowest BCUT2D eigenvalue weighted by molar-refractivity contribution is -0.139. The SMILES string of the molecule is CC(=O)c1ccc(Oc2ccccc2)cc1.COC(=O)CC(=O)c1ccc(Oc2ccccc2)cc1. The lowest BCUT2D eigenvalue weighted by atomic mass is 10.1. The van der Waals surface area contributed by atoms with E-state index in [4.69, 9.17) is 9.47 Å². The molecule has 36 heavy (non-hydrogen) atoms. The van der Waals surface area contributed by atoms with Crippen LogP contribution in [0.15, 0.2) is 109 Å². The van der Waals surface area contributed by atoms with Crippen molar-refractivity contribution in [2.45, 2.75) is 13.3 Å². The van der Waals surface area contributed by atoms with Crippen molar-refractivity contribution in [2.75, 3.05) is 7.11 Å². The highest BCUT2D eigenvalue weighted by Crippen LogP contribution is 2.22. The number of Topliss-reactive ketones (excluding diaryl/α,β-unsaturated/α-hetero) is 2. The second-order valence-corrected chi connectivity index (χ2v) is 7.61. The Morgan fingerprint density at radius 3 is 1.33 bits per heavy atom. The van der Waals surface area contributed by atoms with Crippen molar-refractivity contribution in [1.82, 2.24) is 0 Å². The summed E-state index contributed by atoms with van der Waals surface area (Å²) in [6.45, 7) is 1.55. The van der Waals surface area contributed by atoms with E-state index in [0.29, 0.717) is 16.9 Å². The fourth-order valence-electron chi connectivity index (χ4n) is 3.02. The summed E-state index contributed by atoms with van der Waals surface area (Å²) in [6.07, 6.45) is -0.255. The van der Waals surface area contributed by atoms with Crippen LogP contribution in [0.3, 0.4) is 0 Å². The molecule has 0 aliphatic heterocycles. The molecule has 0 aromatic heterocycles. The fourth-order valence-corrected chi connectivity index (χ4v) is 3.02. The quantitative estimate of drug-likeness (QED) is 0.154. The van der Waals surface area contributed by atoms with Gasteiger partial charge in [0.15, 0.2) is 11.6 Å². The Morgan fingerprint density at radius 1 is 0.556 bits per heavy atom. The van der Waals surface area contributed by atoms with Crippen molar-refractivity contribution >= 4 is 17.5 Å². The molecule has 0 aliphatic rings. The maximum Gasteiger partial charge on any atom is 0.313 e. The molecule has 4 rings (SSSR count). The molecule has 0 spiro atoms. The second-order valence-electron chi connectivity index (χ2n) is 7.61. The third-order valence-electron chi connectivity index (χ3n) is 4.93. The zero-order chi connectivity index (χ0) is 25.8. The molecule has 6 nitrogen and oxygen atoms in total. The summed E-state index contributed by atoms with van der Waals surface area (Å²) in [6, 6.07) is 32.7. The molecule has 0 aliphatic carbocycles. The van der Waals surface area contributed by atoms with Crippen molar-refractivity contribution in [3.8, 4) is 23.0 Å². The zero-order valence-corrected chi connectivity index (χ0v) is 20.0. The number of rotatable bonds is 8. The molecular weight excluding hydrogens is 456 g/mol. The van der Waals surface area contributed by atoms with E-state index in [0.717, 1.165) is 17.2 Å². The van der Waals surface area contributed by atoms with Gasteiger partial charge in [0.25, 0.3) is 0 Å². The van der Waals surface area contributed by atoms with Crippen LogP contribution in [-0.4, -0.2) is 24.6 Å². The van der Waals surface area contributed by atoms with Gasteiger partial charge in [0.1, 0.15) is 29.4 Å². The maximum absolute atomic E-state index is 11.7. The van der Waals surface area contributed by atoms with Crippen molar-refractivity contribution < 1.29 is 28.6 Å². The maximum atomic E-state index is 11.7. The Bertz CT molecular complexity index is 1260. The fraction of sp³-hybridized carbons (Fsp3) is 0.100. The summed E-state index contributed by atoms with van der Waals surface area (Å²) >= 11 is 0. The van der Waals surface area contributed by atoms with Crippen LogP contribution in [0.25, 0.3) is 0 Å². The number of carbonyl (C=O) groups excluding carboxylic acids is 3. The molecule has 0 atom stereocenters. The Morgan fingerprint density at radius 2 is 0.944 bits per heavy atom. The first-order valence-corrected chi connectivity index (χ1v) is 11.2. The zero-order valence-electron chi connectivity index (χ0n) is 20.0. The number of hydrogen-bond donors (Lipinski definition) is 0. The number of benzene rings is 4. The van der Waals surface area contributed by atoms with E-state index in [-0.39, 0.29) is 18.0 Å². The molecule has 0 N–H and O–H groups in total. The van der Waals surface area contributed by atoms with Gasteiger partial charge in [-0.1, -0.05) is 36.4 Å². The summed E-state index contributed by atoms with van der Waals surface area (Å²) in [7, 11) is 1.26. The summed E-state index contributed by atoms with van der Waals surface area (Å²) < 4.78 is 15.7. The van der Waals surface area contributed by atoms with Gasteiger partial charge in [-0.05, 0) is 79.7 Å². The monoisotopic (exact) mass is 482 g/mol. The first kappa shape index (κ1) is 25.9. The number of ketones is 2. The van der Waals surface area contributed by atoms with E-state index < -0.39 is 5.97 Å². The van der Waals surface area contributed by atoms with Crippen LogP contribution in [0.2, 0.25) is 0 Å². The molecule has 0 heterocycles. The van der Waals surface area contributed by atoms with Crippen LogP contribution in [0.1, 0.15) is 34.1 Å². The Kier molecular flexibility index (Phi) is 9.53. The van der Waals surface area contributed by atoms with Crippen LogP contribution in [0, 0.1) is 0 Å². The number of para-hydroxylation sites is 2. The van der Waals surface area contributed by atoms with Gasteiger partial charge in [0.2, 0.25) is 0 Å². The van der Waals surface area contributed by atoms with Gasteiger partial charge in [0, 0.05) is 11.1 Å². The molecule has 0 fully saturated rings. The molecule has 4 aromatic carbocycles. The second kappa shape index (κ2) is 13.2. The molecule has 182 valence electrons. The van der Waals surface area contributed by atoms with Gasteiger partial charge in [0.05, 0.1) is 7.11 Å². The van der Waals surface area contributed by atoms with E-state index in [1.54, 1.807) is 55.5 Å². The normalized spacial score (nSPS) is 9.83. The van der Waals surface area contributed by atoms with Gasteiger partial charge in [-0.2, -0.15) is 0 Å². The van der Waals surface area contributed by atoms with Gasteiger partial charge in [-0.3, -0.25) is 14.4 Å². The lowest BCUT2D eigenvalue weighted by Gasteiger charge is -2.06. The number of ether oxygens (including phenoxy) is 3. The average Bonchev–Trinajstić information content (AvgIpc) is 2.91. The van der Waals surface area contributed by atoms with Crippen LogP contribution in [-0.2, 0) is 9.53 Å². The first-order chi connectivity index (χ1) is 17.4. The molecule has 4 aromatic rings. The predicted octanol–water partition coefficient (Wildman–Crippen LogP) is 6.91. The van der Waals surface area contributed by atoms with Crippen molar-refractivity contribution in [1.29, 1.82) is 0 Å². The standard InChI is InChI=1S/C16H14O4.C14H12O2/c1-19-16(18)11-15(17)12-7-9-14(10-8-12)20-13-5-3-2-4-6-13;1-11(15)12-7-9-14(10-8-12)16-13-5-3-2-4-6-13/h2-10H,11H2,1H3;2-10H,1H3. The van der Waals surface area contributed by atoms with E-state index in [2.05, 4.69) is 4.74 Å². The molecule has 0 bridgehead atoms. The van der Waals surface area contributed by atoms with Crippen molar-refractivity contribution in [3.63, 3.8) is 0 Å². The highest BCUT2D eigenvalue weighted by Gasteiger charge is 2.12. The van der Waals surface area contributed by atoms with Gasteiger partial charge in [-0.25, -0.2) is 0 Å². The third-order valence-corrected chi connectivity index (χ3v) is 4.93. The number of hydrogen-bond acceptors (Lipinski definition) is 6. The first-order valence-electron chi connectivity index (χ1n) is 11.2. The predicted molar refractivity (Wildman–Crippen MR) is 137 cm³/mol. The number of carbonyl (C=O) groups is 3. The molecule has 0 unspecified atom stereocenters.